The molecule has 0 aliphatic carbocycles. The normalized spacial score (nSPS) is 23.0. The lowest BCUT2D eigenvalue weighted by Crippen LogP contribution is -2.61. The second-order valence-electron chi connectivity index (χ2n) is 5.48. The number of hydrogen-bond donors (Lipinski definition) is 0. The van der Waals surface area contributed by atoms with Crippen LogP contribution in [-0.2, 0) is 9.59 Å². The summed E-state index contributed by atoms with van der Waals surface area (Å²) < 4.78 is 14.0. The van der Waals surface area contributed by atoms with Crippen LogP contribution in [0, 0.1) is 12.7 Å². The quantitative estimate of drug-likeness (QED) is 0.785. The molecule has 3 rings (SSSR count). The highest BCUT2D eigenvalue weighted by Crippen LogP contribution is 2.28. The second-order valence-corrected chi connectivity index (χ2v) is 5.48. The predicted molar refractivity (Wildman–Crippen MR) is 72.8 cm³/mol. The molecule has 0 saturated carbocycles. The monoisotopic (exact) mass is 276 g/mol. The van der Waals surface area contributed by atoms with Crippen LogP contribution in [0.4, 0.5) is 10.1 Å². The zero-order valence-electron chi connectivity index (χ0n) is 11.4. The Morgan fingerprint density at radius 1 is 1.25 bits per heavy atom. The number of nitrogens with zero attached hydrogens (tertiary/aromatic N) is 2. The van der Waals surface area contributed by atoms with Crippen LogP contribution in [0.15, 0.2) is 18.2 Å². The summed E-state index contributed by atoms with van der Waals surface area (Å²) in [7, 11) is 0. The number of carbonyl (C=O) groups excluding carboxylic acids is 2. The average Bonchev–Trinajstić information content (AvgIpc) is 2.46. The van der Waals surface area contributed by atoms with E-state index in [1.165, 1.54) is 11.0 Å². The van der Waals surface area contributed by atoms with E-state index in [2.05, 4.69) is 0 Å². The summed E-state index contributed by atoms with van der Waals surface area (Å²) in [5.41, 5.74) is 1.08. The van der Waals surface area contributed by atoms with E-state index in [0.717, 1.165) is 18.4 Å². The lowest BCUT2D eigenvalue weighted by atomic mass is 9.98. The molecule has 1 atom stereocenters. The fourth-order valence-electron chi connectivity index (χ4n) is 3.00. The van der Waals surface area contributed by atoms with Gasteiger partial charge in [0.05, 0.1) is 5.69 Å². The van der Waals surface area contributed by atoms with E-state index in [1.807, 2.05) is 6.92 Å². The van der Waals surface area contributed by atoms with E-state index in [1.54, 1.807) is 17.0 Å². The summed E-state index contributed by atoms with van der Waals surface area (Å²) in [5, 5.41) is 0. The summed E-state index contributed by atoms with van der Waals surface area (Å²) in [5.74, 6) is -0.704. The van der Waals surface area contributed by atoms with Gasteiger partial charge in [-0.25, -0.2) is 4.39 Å². The highest BCUT2D eigenvalue weighted by molar-refractivity contribution is 6.06. The van der Waals surface area contributed by atoms with Gasteiger partial charge < -0.3 is 4.90 Å². The van der Waals surface area contributed by atoms with Crippen LogP contribution in [-0.4, -0.2) is 35.8 Å². The van der Waals surface area contributed by atoms with Gasteiger partial charge in [0.15, 0.2) is 0 Å². The predicted octanol–water partition coefficient (Wildman–Crippen LogP) is 1.86. The molecule has 2 fully saturated rings. The molecule has 0 radical (unpaired) electrons. The molecular weight excluding hydrogens is 259 g/mol. The molecule has 1 aromatic carbocycles. The summed E-state index contributed by atoms with van der Waals surface area (Å²) in [6, 6.07) is 4.21. The Kier molecular flexibility index (Phi) is 3.20. The van der Waals surface area contributed by atoms with Gasteiger partial charge in [0.1, 0.15) is 18.4 Å². The minimum absolute atomic E-state index is 0.0598. The number of benzene rings is 1. The lowest BCUT2D eigenvalue weighted by Gasteiger charge is -2.42. The molecule has 0 aromatic heterocycles. The third-order valence-electron chi connectivity index (χ3n) is 4.06. The number of anilines is 1. The van der Waals surface area contributed by atoms with Crippen molar-refractivity contribution in [2.24, 2.45) is 0 Å². The summed E-state index contributed by atoms with van der Waals surface area (Å²) in [4.78, 5) is 27.6. The zero-order chi connectivity index (χ0) is 14.3. The Labute approximate surface area is 117 Å². The first-order valence-corrected chi connectivity index (χ1v) is 6.95. The Morgan fingerprint density at radius 3 is 2.85 bits per heavy atom. The van der Waals surface area contributed by atoms with Crippen molar-refractivity contribution in [1.82, 2.24) is 4.90 Å². The molecule has 2 amide bonds. The van der Waals surface area contributed by atoms with E-state index in [9.17, 15) is 14.0 Å². The van der Waals surface area contributed by atoms with Gasteiger partial charge in [-0.15, -0.1) is 0 Å². The lowest BCUT2D eigenvalue weighted by molar-refractivity contribution is -0.144. The van der Waals surface area contributed by atoms with E-state index in [-0.39, 0.29) is 24.0 Å². The molecule has 2 heterocycles. The molecular formula is C15H17FN2O2. The van der Waals surface area contributed by atoms with Gasteiger partial charge in [0.25, 0.3) is 0 Å². The zero-order valence-corrected chi connectivity index (χ0v) is 11.4. The number of halogens is 1. The van der Waals surface area contributed by atoms with E-state index < -0.39 is 11.9 Å². The largest absolute Gasteiger partial charge is 0.329 e. The Bertz CT molecular complexity index is 573. The van der Waals surface area contributed by atoms with Crippen LogP contribution in [0.5, 0.6) is 0 Å². The average molecular weight is 276 g/mol. The number of aryl methyl sites for hydroxylation is 1. The molecule has 1 unspecified atom stereocenters. The number of piperazine rings is 1. The van der Waals surface area contributed by atoms with E-state index in [4.69, 9.17) is 0 Å². The fraction of sp³-hybridized carbons (Fsp3) is 0.467. The van der Waals surface area contributed by atoms with Crippen LogP contribution in [0.25, 0.3) is 0 Å². The van der Waals surface area contributed by atoms with Gasteiger partial charge in [-0.2, -0.15) is 0 Å². The van der Waals surface area contributed by atoms with Crippen molar-refractivity contribution in [3.05, 3.63) is 29.6 Å². The number of amides is 2. The molecule has 1 aromatic rings. The van der Waals surface area contributed by atoms with Gasteiger partial charge >= 0.3 is 0 Å². The van der Waals surface area contributed by atoms with E-state index >= 15 is 0 Å². The Hall–Kier alpha value is -1.91. The van der Waals surface area contributed by atoms with Crippen molar-refractivity contribution in [3.63, 3.8) is 0 Å². The summed E-state index contributed by atoms with van der Waals surface area (Å²) >= 11 is 0. The molecule has 0 bridgehead atoms. The van der Waals surface area contributed by atoms with Crippen LogP contribution < -0.4 is 4.90 Å². The minimum atomic E-state index is -0.457. The summed E-state index contributed by atoms with van der Waals surface area (Å²) in [6.45, 7) is 2.42. The van der Waals surface area contributed by atoms with E-state index in [0.29, 0.717) is 13.0 Å². The van der Waals surface area contributed by atoms with Crippen LogP contribution in [0.1, 0.15) is 24.8 Å². The number of fused-ring (bicyclic) bond motifs is 1. The maximum Gasteiger partial charge on any atom is 0.250 e. The first-order valence-electron chi connectivity index (χ1n) is 6.95. The molecule has 2 aliphatic heterocycles. The van der Waals surface area contributed by atoms with Crippen LogP contribution in [0.3, 0.4) is 0 Å². The Morgan fingerprint density at radius 2 is 2.05 bits per heavy atom. The maximum absolute atomic E-state index is 14.0. The summed E-state index contributed by atoms with van der Waals surface area (Å²) in [6.07, 6.45) is 2.55. The molecule has 0 spiro atoms. The third kappa shape index (κ3) is 2.07. The van der Waals surface area contributed by atoms with Crippen molar-refractivity contribution in [3.8, 4) is 0 Å². The minimum Gasteiger partial charge on any atom is -0.329 e. The van der Waals surface area contributed by atoms with Crippen LogP contribution in [0.2, 0.25) is 0 Å². The van der Waals surface area contributed by atoms with Gasteiger partial charge in [-0.3, -0.25) is 14.5 Å². The van der Waals surface area contributed by atoms with Crippen molar-refractivity contribution >= 4 is 17.5 Å². The number of rotatable bonds is 1. The standard InChI is InChI=1S/C15H17FN2O2/c1-10-5-6-11(16)13(8-10)18-9-14(19)17-7-3-2-4-12(17)15(18)20/h5-6,8,12H,2-4,7,9H2,1H3. The molecule has 5 heteroatoms. The number of hydrogen-bond acceptors (Lipinski definition) is 2. The Balaban J connectivity index is 1.96. The third-order valence-corrected chi connectivity index (χ3v) is 4.06. The maximum atomic E-state index is 14.0. The fourth-order valence-corrected chi connectivity index (χ4v) is 3.00. The smallest absolute Gasteiger partial charge is 0.250 e. The van der Waals surface area contributed by atoms with Crippen molar-refractivity contribution in [2.75, 3.05) is 18.0 Å². The molecule has 4 nitrogen and oxygen atoms in total. The second kappa shape index (κ2) is 4.89. The number of piperidine rings is 1. The van der Waals surface area contributed by atoms with Crippen molar-refractivity contribution in [2.45, 2.75) is 32.2 Å². The highest BCUT2D eigenvalue weighted by Gasteiger charge is 2.41. The van der Waals surface area contributed by atoms with Crippen LogP contribution >= 0.6 is 0 Å². The van der Waals surface area contributed by atoms with Gasteiger partial charge in [0, 0.05) is 6.54 Å². The van der Waals surface area contributed by atoms with Gasteiger partial charge in [-0.1, -0.05) is 6.07 Å². The SMILES string of the molecule is Cc1ccc(F)c(N2CC(=O)N3CCCCC3C2=O)c1. The number of carbonyl (C=O) groups is 2. The molecule has 2 saturated heterocycles. The van der Waals surface area contributed by atoms with Gasteiger partial charge in [-0.05, 0) is 43.9 Å². The first-order chi connectivity index (χ1) is 9.58. The first kappa shape index (κ1) is 13.1. The van der Waals surface area contributed by atoms with Gasteiger partial charge in [0.2, 0.25) is 11.8 Å². The topological polar surface area (TPSA) is 40.6 Å². The van der Waals surface area contributed by atoms with Crippen molar-refractivity contribution in [1.29, 1.82) is 0 Å². The molecule has 2 aliphatic rings. The molecule has 0 N–H and O–H groups in total. The van der Waals surface area contributed by atoms with Crippen molar-refractivity contribution < 1.29 is 14.0 Å². The molecule has 20 heavy (non-hydrogen) atoms. The molecule has 106 valence electrons. The highest BCUT2D eigenvalue weighted by atomic mass is 19.1.